The fourth-order valence-electron chi connectivity index (χ4n) is 1.19. The predicted octanol–water partition coefficient (Wildman–Crippen LogP) is 0.691. The van der Waals surface area contributed by atoms with Crippen LogP contribution in [-0.4, -0.2) is 17.9 Å². The molecule has 0 saturated carbocycles. The smallest absolute Gasteiger partial charge is 0.428 e. The van der Waals surface area contributed by atoms with Crippen molar-refractivity contribution in [3.05, 3.63) is 23.8 Å². The number of primary amides is 1. The van der Waals surface area contributed by atoms with E-state index in [1.807, 2.05) is 0 Å². The van der Waals surface area contributed by atoms with E-state index in [-0.39, 0.29) is 11.8 Å². The third-order valence-corrected chi connectivity index (χ3v) is 2.20. The van der Waals surface area contributed by atoms with E-state index < -0.39 is 6.09 Å². The van der Waals surface area contributed by atoms with Gasteiger partial charge in [-0.05, 0) is 18.2 Å². The molecule has 1 aromatic carbocycles. The van der Waals surface area contributed by atoms with Crippen molar-refractivity contribution in [2.24, 2.45) is 5.73 Å². The van der Waals surface area contributed by atoms with Crippen LogP contribution in [0.5, 0.6) is 11.5 Å². The van der Waals surface area contributed by atoms with Crippen LogP contribution in [0.1, 0.15) is 5.56 Å². The van der Waals surface area contributed by atoms with Crippen molar-refractivity contribution in [1.29, 1.82) is 0 Å². The average Bonchev–Trinajstić information content (AvgIpc) is 2.72. The van der Waals surface area contributed by atoms with E-state index in [1.165, 1.54) is 0 Å². The molecule has 1 heterocycles. The van der Waals surface area contributed by atoms with E-state index in [1.54, 1.807) is 18.2 Å². The molecule has 7 heteroatoms. The Hall–Kier alpha value is -2.02. The number of fused-ring (bicyclic) bond motifs is 1. The van der Waals surface area contributed by atoms with Gasteiger partial charge in [-0.15, -0.1) is 0 Å². The normalized spacial score (nSPS) is 12.0. The first-order chi connectivity index (χ1) is 7.66. The first-order valence-electron chi connectivity index (χ1n) is 4.33. The van der Waals surface area contributed by atoms with Gasteiger partial charge in [0.25, 0.3) is 0 Å². The number of ether oxygens (including phenoxy) is 2. The third kappa shape index (κ3) is 2.14. The summed E-state index contributed by atoms with van der Waals surface area (Å²) in [6, 6.07) is 5.12. The molecule has 84 valence electrons. The molecule has 16 heavy (non-hydrogen) atoms. The second-order valence-electron chi connectivity index (χ2n) is 2.92. The molecule has 0 radical (unpaired) electrons. The number of hydrogen-bond acceptors (Lipinski definition) is 5. The average molecular weight is 240 g/mol. The van der Waals surface area contributed by atoms with Crippen LogP contribution in [0.15, 0.2) is 18.2 Å². The van der Waals surface area contributed by atoms with Gasteiger partial charge in [-0.2, -0.15) is 0 Å². The van der Waals surface area contributed by atoms with Crippen LogP contribution in [0.2, 0.25) is 0 Å². The lowest BCUT2D eigenvalue weighted by molar-refractivity contribution is 0.131. The highest BCUT2D eigenvalue weighted by Crippen LogP contribution is 2.32. The molecule has 0 atom stereocenters. The Morgan fingerprint density at radius 2 is 2.19 bits per heavy atom. The summed E-state index contributed by atoms with van der Waals surface area (Å²) in [7, 11) is 0. The number of rotatable bonds is 1. The zero-order valence-corrected chi connectivity index (χ0v) is 8.87. The maximum absolute atomic E-state index is 10.4. The van der Waals surface area contributed by atoms with Gasteiger partial charge in [0, 0.05) is 5.56 Å². The van der Waals surface area contributed by atoms with Crippen LogP contribution in [0, 0.1) is 0 Å². The van der Waals surface area contributed by atoms with Gasteiger partial charge < -0.3 is 20.0 Å². The topological polar surface area (TPSA) is 82.8 Å². The van der Waals surface area contributed by atoms with Gasteiger partial charge >= 0.3 is 6.09 Å². The number of carbonyl (C=O) groups is 1. The minimum atomic E-state index is -0.955. The summed E-state index contributed by atoms with van der Waals surface area (Å²) in [5.41, 5.74) is 7.67. The zero-order chi connectivity index (χ0) is 11.5. The lowest BCUT2D eigenvalue weighted by Gasteiger charge is -2.06. The molecule has 3 N–H and O–H groups in total. The minimum Gasteiger partial charge on any atom is -0.454 e. The number of benzene rings is 1. The highest BCUT2D eigenvalue weighted by molar-refractivity contribution is 7.80. The molecule has 0 aromatic heterocycles. The number of nitrogens with two attached hydrogens (primary N) is 1. The van der Waals surface area contributed by atoms with E-state index in [0.717, 1.165) is 0 Å². The molecule has 2 rings (SSSR count). The Morgan fingerprint density at radius 3 is 2.94 bits per heavy atom. The highest BCUT2D eigenvalue weighted by Gasteiger charge is 2.14. The van der Waals surface area contributed by atoms with Crippen LogP contribution in [0.4, 0.5) is 4.79 Å². The largest absolute Gasteiger partial charge is 0.454 e. The number of thiocarbonyl (C=S) groups is 1. The summed E-state index contributed by atoms with van der Waals surface area (Å²) < 4.78 is 10.3. The van der Waals surface area contributed by atoms with Crippen molar-refractivity contribution in [3.8, 4) is 11.5 Å². The van der Waals surface area contributed by atoms with Crippen molar-refractivity contribution in [2.45, 2.75) is 0 Å². The Labute approximate surface area is 96.2 Å². The maximum atomic E-state index is 10.4. The van der Waals surface area contributed by atoms with Crippen molar-refractivity contribution in [3.63, 3.8) is 0 Å². The summed E-state index contributed by atoms with van der Waals surface area (Å²) in [5.74, 6) is 1.25. The summed E-state index contributed by atoms with van der Waals surface area (Å²) in [4.78, 5) is 14.9. The number of nitrogens with one attached hydrogen (secondary N) is 1. The van der Waals surface area contributed by atoms with Crippen LogP contribution in [0.3, 0.4) is 0 Å². The zero-order valence-electron chi connectivity index (χ0n) is 8.06. The van der Waals surface area contributed by atoms with E-state index in [2.05, 4.69) is 10.3 Å². The minimum absolute atomic E-state index is 0.191. The van der Waals surface area contributed by atoms with Crippen LogP contribution in [0.25, 0.3) is 0 Å². The van der Waals surface area contributed by atoms with Crippen molar-refractivity contribution < 1.29 is 19.1 Å². The molecule has 1 aromatic rings. The SMILES string of the molecule is NC(=O)ONC(=S)c1ccc2c(c1)OCO2. The summed E-state index contributed by atoms with van der Waals surface area (Å²) in [6.45, 7) is 0.191. The lowest BCUT2D eigenvalue weighted by Crippen LogP contribution is -2.29. The van der Waals surface area contributed by atoms with Crippen molar-refractivity contribution in [1.82, 2.24) is 5.48 Å². The molecular weight excluding hydrogens is 232 g/mol. The summed E-state index contributed by atoms with van der Waals surface area (Å²) in [5, 5.41) is 0. The molecule has 0 aliphatic carbocycles. The molecule has 6 nitrogen and oxygen atoms in total. The highest BCUT2D eigenvalue weighted by atomic mass is 32.1. The monoisotopic (exact) mass is 240 g/mol. The third-order valence-electron chi connectivity index (χ3n) is 1.88. The van der Waals surface area contributed by atoms with Crippen molar-refractivity contribution in [2.75, 3.05) is 6.79 Å². The second kappa shape index (κ2) is 4.23. The van der Waals surface area contributed by atoms with Crippen LogP contribution < -0.4 is 20.7 Å². The van der Waals surface area contributed by atoms with Gasteiger partial charge in [-0.25, -0.2) is 10.3 Å². The van der Waals surface area contributed by atoms with Gasteiger partial charge in [0.2, 0.25) is 6.79 Å². The molecule has 0 fully saturated rings. The molecule has 0 bridgehead atoms. The Balaban J connectivity index is 2.09. The van der Waals surface area contributed by atoms with Gasteiger partial charge in [-0.1, -0.05) is 12.2 Å². The summed E-state index contributed by atoms with van der Waals surface area (Å²) >= 11 is 4.97. The summed E-state index contributed by atoms with van der Waals surface area (Å²) in [6.07, 6.45) is -0.955. The quantitative estimate of drug-likeness (QED) is 0.555. The Kier molecular flexibility index (Phi) is 2.78. The number of carbonyl (C=O) groups excluding carboxylic acids is 1. The molecule has 0 spiro atoms. The first kappa shape index (κ1) is 10.5. The van der Waals surface area contributed by atoms with Crippen molar-refractivity contribution >= 4 is 23.3 Å². The standard InChI is InChI=1S/C9H8N2O4S/c10-9(12)15-11-8(16)5-1-2-6-7(3-5)14-4-13-6/h1-3H,4H2,(H2,10,12)(H,11,16). The predicted molar refractivity (Wildman–Crippen MR) is 58.1 cm³/mol. The van der Waals surface area contributed by atoms with Gasteiger partial charge in [0.1, 0.15) is 4.99 Å². The fraction of sp³-hybridized carbons (Fsp3) is 0.111. The van der Waals surface area contributed by atoms with Gasteiger partial charge in [-0.3, -0.25) is 0 Å². The Bertz CT molecular complexity index is 449. The molecule has 1 aliphatic rings. The fourth-order valence-corrected chi connectivity index (χ4v) is 1.36. The maximum Gasteiger partial charge on any atom is 0.428 e. The number of hydrogen-bond donors (Lipinski definition) is 2. The number of amides is 1. The Morgan fingerprint density at radius 1 is 1.44 bits per heavy atom. The first-order valence-corrected chi connectivity index (χ1v) is 4.74. The van der Waals surface area contributed by atoms with Gasteiger partial charge in [0.05, 0.1) is 0 Å². The second-order valence-corrected chi connectivity index (χ2v) is 3.33. The van der Waals surface area contributed by atoms with Crippen LogP contribution in [-0.2, 0) is 4.84 Å². The molecular formula is C9H8N2O4S. The van der Waals surface area contributed by atoms with Gasteiger partial charge in [0.15, 0.2) is 11.5 Å². The van der Waals surface area contributed by atoms with E-state index in [4.69, 9.17) is 27.4 Å². The molecule has 0 saturated heterocycles. The molecule has 1 amide bonds. The molecule has 1 aliphatic heterocycles. The van der Waals surface area contributed by atoms with E-state index in [0.29, 0.717) is 17.1 Å². The van der Waals surface area contributed by atoms with E-state index in [9.17, 15) is 4.79 Å². The number of hydroxylamine groups is 1. The van der Waals surface area contributed by atoms with Crippen LogP contribution >= 0.6 is 12.2 Å². The molecule has 0 unspecified atom stereocenters. The lowest BCUT2D eigenvalue weighted by atomic mass is 10.2. The van der Waals surface area contributed by atoms with E-state index >= 15 is 0 Å².